The molecule has 6 rings (SSSR count). The highest BCUT2D eigenvalue weighted by Crippen LogP contribution is 2.34. The number of aromatic hydroxyl groups is 1. The normalized spacial score (nSPS) is 12.2. The van der Waals surface area contributed by atoms with Crippen LogP contribution in [-0.4, -0.2) is 38.7 Å². The van der Waals surface area contributed by atoms with Crippen LogP contribution >= 0.6 is 0 Å². The molecule has 0 saturated heterocycles. The number of hydrogen-bond donors (Lipinski definition) is 1. The molecule has 0 saturated carbocycles. The van der Waals surface area contributed by atoms with Gasteiger partial charge in [0.25, 0.3) is 0 Å². The molecule has 1 N–H and O–H groups in total. The van der Waals surface area contributed by atoms with Crippen LogP contribution in [0.3, 0.4) is 0 Å². The van der Waals surface area contributed by atoms with E-state index in [1.807, 2.05) is 84.9 Å². The average molecular weight is 664 g/mol. The number of unbranched alkanes of at least 4 members (excludes halogenated alkanes) is 1. The van der Waals surface area contributed by atoms with E-state index in [0.29, 0.717) is 35.4 Å². The molecule has 0 spiro atoms. The van der Waals surface area contributed by atoms with Crippen molar-refractivity contribution in [2.24, 2.45) is 5.92 Å². The smallest absolute Gasteiger partial charge is 0.347 e. The van der Waals surface area contributed by atoms with E-state index < -0.39 is 12.1 Å². The van der Waals surface area contributed by atoms with Crippen molar-refractivity contribution in [1.29, 1.82) is 0 Å². The molecule has 0 aliphatic heterocycles. The zero-order valence-corrected chi connectivity index (χ0v) is 28.6. The third kappa shape index (κ3) is 8.42. The summed E-state index contributed by atoms with van der Waals surface area (Å²) in [6.07, 6.45) is 2.37. The summed E-state index contributed by atoms with van der Waals surface area (Å²) in [5.74, 6) is 1.34. The van der Waals surface area contributed by atoms with E-state index >= 15 is 0 Å². The predicted octanol–water partition coefficient (Wildman–Crippen LogP) is 10.0. The Labute approximate surface area is 293 Å². The monoisotopic (exact) mass is 663 g/mol. The maximum absolute atomic E-state index is 12.6. The second-order valence-electron chi connectivity index (χ2n) is 12.5. The Balaban J connectivity index is 1.29. The van der Waals surface area contributed by atoms with Gasteiger partial charge < -0.3 is 14.6 Å². The average Bonchev–Trinajstić information content (AvgIpc) is 3.16. The molecule has 6 aromatic rings. The minimum Gasteiger partial charge on any atom is -0.507 e. The third-order valence-corrected chi connectivity index (χ3v) is 8.55. The lowest BCUT2D eigenvalue weighted by Crippen LogP contribution is -2.27. The highest BCUT2D eigenvalue weighted by atomic mass is 16.6. The maximum atomic E-state index is 12.6. The van der Waals surface area contributed by atoms with Crippen LogP contribution in [0, 0.1) is 5.92 Å². The predicted molar refractivity (Wildman–Crippen MR) is 198 cm³/mol. The fourth-order valence-corrected chi connectivity index (χ4v) is 5.64. The van der Waals surface area contributed by atoms with Gasteiger partial charge in [-0.3, -0.25) is 0 Å². The number of aromatic nitrogens is 3. The van der Waals surface area contributed by atoms with Crippen molar-refractivity contribution >= 4 is 5.97 Å². The molecule has 252 valence electrons. The molecule has 0 aliphatic rings. The number of carbonyl (C=O) groups is 1. The quantitative estimate of drug-likeness (QED) is 0.123. The fourth-order valence-electron chi connectivity index (χ4n) is 5.64. The van der Waals surface area contributed by atoms with Gasteiger partial charge >= 0.3 is 5.97 Å². The summed E-state index contributed by atoms with van der Waals surface area (Å²) in [5.41, 5.74) is 6.42. The first kappa shape index (κ1) is 34.1. The van der Waals surface area contributed by atoms with Gasteiger partial charge in [-0.1, -0.05) is 136 Å². The van der Waals surface area contributed by atoms with E-state index in [1.165, 1.54) is 6.07 Å². The molecule has 2 atom stereocenters. The van der Waals surface area contributed by atoms with Crippen LogP contribution in [0.2, 0.25) is 0 Å². The van der Waals surface area contributed by atoms with Gasteiger partial charge in [-0.2, -0.15) is 0 Å². The van der Waals surface area contributed by atoms with Gasteiger partial charge in [0.15, 0.2) is 23.6 Å². The highest BCUT2D eigenvalue weighted by Gasteiger charge is 2.20. The largest absolute Gasteiger partial charge is 0.507 e. The van der Waals surface area contributed by atoms with Crippen molar-refractivity contribution in [1.82, 2.24) is 15.0 Å². The minimum absolute atomic E-state index is 0.0850. The number of ether oxygens (including phenoxy) is 2. The molecule has 5 aromatic carbocycles. The number of hydrogen-bond acceptors (Lipinski definition) is 7. The van der Waals surface area contributed by atoms with Crippen molar-refractivity contribution in [3.63, 3.8) is 0 Å². The number of benzene rings is 5. The molecule has 1 heterocycles. The number of esters is 1. The number of phenols is 1. The first-order chi connectivity index (χ1) is 24.4. The molecule has 2 unspecified atom stereocenters. The Morgan fingerprint density at radius 1 is 0.640 bits per heavy atom. The van der Waals surface area contributed by atoms with Crippen molar-refractivity contribution in [2.75, 3.05) is 6.61 Å². The SMILES string of the molecule is CCCCC(C)COC(=O)C(C)Oc1ccc(-c2nc(-c3ccc(-c4ccccc4)cc3)nc(-c3ccc(-c4ccccc4)cc3)n2)c(O)c1. The number of carbonyl (C=O) groups excluding carboxylic acids is 1. The van der Waals surface area contributed by atoms with E-state index in [2.05, 4.69) is 38.1 Å². The Kier molecular flexibility index (Phi) is 10.9. The number of rotatable bonds is 13. The second kappa shape index (κ2) is 16.1. The third-order valence-electron chi connectivity index (χ3n) is 8.55. The molecule has 50 heavy (non-hydrogen) atoms. The van der Waals surface area contributed by atoms with Gasteiger partial charge in [-0.25, -0.2) is 19.7 Å². The zero-order valence-electron chi connectivity index (χ0n) is 28.6. The van der Waals surface area contributed by atoms with Crippen LogP contribution < -0.4 is 4.74 Å². The fraction of sp³-hybridized carbons (Fsp3) is 0.209. The van der Waals surface area contributed by atoms with E-state index in [9.17, 15) is 9.90 Å². The van der Waals surface area contributed by atoms with Crippen LogP contribution in [0.25, 0.3) is 56.4 Å². The second-order valence-corrected chi connectivity index (χ2v) is 12.5. The number of nitrogens with zero attached hydrogens (tertiary/aromatic N) is 3. The van der Waals surface area contributed by atoms with Crippen molar-refractivity contribution in [2.45, 2.75) is 46.1 Å². The molecule has 1 aromatic heterocycles. The Morgan fingerprint density at radius 2 is 1.12 bits per heavy atom. The van der Waals surface area contributed by atoms with Crippen LogP contribution in [0.15, 0.2) is 127 Å². The van der Waals surface area contributed by atoms with E-state index in [4.69, 9.17) is 24.4 Å². The van der Waals surface area contributed by atoms with Gasteiger partial charge in [0.1, 0.15) is 11.5 Å². The number of phenolic OH excluding ortho intramolecular Hbond substituents is 1. The maximum Gasteiger partial charge on any atom is 0.347 e. The summed E-state index contributed by atoms with van der Waals surface area (Å²) < 4.78 is 11.3. The highest BCUT2D eigenvalue weighted by molar-refractivity contribution is 5.76. The van der Waals surface area contributed by atoms with Crippen molar-refractivity contribution in [3.05, 3.63) is 127 Å². The topological polar surface area (TPSA) is 94.4 Å². The van der Waals surface area contributed by atoms with Gasteiger partial charge in [-0.15, -0.1) is 0 Å². The molecule has 7 nitrogen and oxygen atoms in total. The summed E-state index contributed by atoms with van der Waals surface area (Å²) in [5, 5.41) is 11.2. The lowest BCUT2D eigenvalue weighted by atomic mass is 10.0. The van der Waals surface area contributed by atoms with E-state index in [-0.39, 0.29) is 11.7 Å². The Morgan fingerprint density at radius 3 is 1.62 bits per heavy atom. The molecule has 0 aliphatic carbocycles. The van der Waals surface area contributed by atoms with Crippen LogP contribution in [0.4, 0.5) is 0 Å². The molecular weight excluding hydrogens is 622 g/mol. The Bertz CT molecular complexity index is 1910. The minimum atomic E-state index is -0.841. The summed E-state index contributed by atoms with van der Waals surface area (Å²) in [4.78, 5) is 27.1. The van der Waals surface area contributed by atoms with E-state index in [0.717, 1.165) is 52.6 Å². The zero-order chi connectivity index (χ0) is 34.9. The molecule has 0 bridgehead atoms. The summed E-state index contributed by atoms with van der Waals surface area (Å²) in [7, 11) is 0. The van der Waals surface area contributed by atoms with E-state index in [1.54, 1.807) is 19.1 Å². The summed E-state index contributed by atoms with van der Waals surface area (Å²) in [6.45, 7) is 6.21. The van der Waals surface area contributed by atoms with Crippen LogP contribution in [0.1, 0.15) is 40.0 Å². The molecule has 0 fully saturated rings. The molecule has 7 heteroatoms. The van der Waals surface area contributed by atoms with Gasteiger partial charge in [-0.05, 0) is 53.6 Å². The first-order valence-corrected chi connectivity index (χ1v) is 17.1. The molecule has 0 radical (unpaired) electrons. The van der Waals surface area contributed by atoms with Crippen molar-refractivity contribution < 1.29 is 19.4 Å². The lowest BCUT2D eigenvalue weighted by molar-refractivity contribution is -0.152. The Hall–Kier alpha value is -5.82. The van der Waals surface area contributed by atoms with Gasteiger partial charge in [0, 0.05) is 17.2 Å². The van der Waals surface area contributed by atoms with Gasteiger partial charge in [0.2, 0.25) is 0 Å². The van der Waals surface area contributed by atoms with Crippen molar-refractivity contribution in [3.8, 4) is 67.9 Å². The molecule has 0 amide bonds. The lowest BCUT2D eigenvalue weighted by Gasteiger charge is -2.17. The van der Waals surface area contributed by atoms with Crippen LogP contribution in [-0.2, 0) is 9.53 Å². The summed E-state index contributed by atoms with van der Waals surface area (Å²) >= 11 is 0. The van der Waals surface area contributed by atoms with Gasteiger partial charge in [0.05, 0.1) is 12.2 Å². The summed E-state index contributed by atoms with van der Waals surface area (Å²) in [6, 6.07) is 41.3. The molecular formula is C43H41N3O4. The first-order valence-electron chi connectivity index (χ1n) is 17.1. The standard InChI is InChI=1S/C43H41N3O4/c1-4-5-12-29(2)28-49-43(48)30(3)50-37-25-26-38(39(47)27-37)42-45-40(35-21-17-33(18-22-35)31-13-8-6-9-14-31)44-41(46-42)36-23-19-34(20-24-36)32-15-10-7-11-16-32/h6-11,13-27,29-30,47H,4-5,12,28H2,1-3H3. The van der Waals surface area contributed by atoms with Crippen LogP contribution in [0.5, 0.6) is 11.5 Å².